The highest BCUT2D eigenvalue weighted by molar-refractivity contribution is 6.17. The van der Waals surface area contributed by atoms with Crippen LogP contribution in [-0.4, -0.2) is 23.8 Å². The number of nitrogens with two attached hydrogens (primary N) is 1. The molecular formula is C21H20N2O4. The Hall–Kier alpha value is -3.54. The average Bonchev–Trinajstić information content (AvgIpc) is 2.96. The summed E-state index contributed by atoms with van der Waals surface area (Å²) in [6, 6.07) is 13.8. The normalized spacial score (nSPS) is 10.5. The van der Waals surface area contributed by atoms with Crippen LogP contribution in [0.5, 0.6) is 11.5 Å². The third kappa shape index (κ3) is 3.55. The van der Waals surface area contributed by atoms with E-state index in [4.69, 9.17) is 15.2 Å². The maximum atomic E-state index is 13.3. The average molecular weight is 364 g/mol. The molecule has 1 aromatic heterocycles. The largest absolute Gasteiger partial charge is 0.465 e. The van der Waals surface area contributed by atoms with Gasteiger partial charge in [0.15, 0.2) is 5.78 Å². The summed E-state index contributed by atoms with van der Waals surface area (Å²) in [7, 11) is 1.29. The van der Waals surface area contributed by atoms with Gasteiger partial charge in [0.1, 0.15) is 11.5 Å². The highest BCUT2D eigenvalue weighted by Gasteiger charge is 2.27. The van der Waals surface area contributed by atoms with Crippen molar-refractivity contribution in [2.24, 2.45) is 0 Å². The molecule has 6 heteroatoms. The molecule has 0 saturated carbocycles. The third-order valence-corrected chi connectivity index (χ3v) is 4.23. The fraction of sp³-hybridized carbons (Fsp3) is 0.143. The first-order chi connectivity index (χ1) is 12.9. The van der Waals surface area contributed by atoms with E-state index in [1.54, 1.807) is 62.4 Å². The smallest absolute Gasteiger partial charge is 0.340 e. The van der Waals surface area contributed by atoms with Gasteiger partial charge in [0.05, 0.1) is 23.8 Å². The molecule has 3 rings (SSSR count). The minimum atomic E-state index is -0.558. The van der Waals surface area contributed by atoms with Crippen molar-refractivity contribution in [2.75, 3.05) is 12.8 Å². The predicted octanol–water partition coefficient (Wildman–Crippen LogP) is 4.02. The van der Waals surface area contributed by atoms with Crippen molar-refractivity contribution >= 4 is 17.4 Å². The first kappa shape index (κ1) is 18.3. The standard InChI is InChI=1S/C21H20N2O4/c1-12-18(19(13(2)23-12)21(25)26-3)20(24)16-6-4-5-7-17(16)27-15-10-8-14(22)9-11-15/h4-11,23H,22H2,1-3H3. The lowest BCUT2D eigenvalue weighted by Gasteiger charge is -2.11. The molecule has 0 radical (unpaired) electrons. The number of ketones is 1. The molecule has 0 fully saturated rings. The summed E-state index contributed by atoms with van der Waals surface area (Å²) < 4.78 is 10.7. The molecule has 0 spiro atoms. The Bertz CT molecular complexity index is 1000. The molecule has 0 unspecified atom stereocenters. The fourth-order valence-electron chi connectivity index (χ4n) is 2.96. The number of aromatic amines is 1. The number of nitrogen functional groups attached to an aromatic ring is 1. The molecular weight excluding hydrogens is 344 g/mol. The Morgan fingerprint density at radius 1 is 0.926 bits per heavy atom. The zero-order chi connectivity index (χ0) is 19.6. The lowest BCUT2D eigenvalue weighted by Crippen LogP contribution is -2.12. The molecule has 0 amide bonds. The molecule has 0 bridgehead atoms. The maximum absolute atomic E-state index is 13.3. The summed E-state index contributed by atoms with van der Waals surface area (Å²) in [5, 5.41) is 0. The number of para-hydroxylation sites is 1. The van der Waals surface area contributed by atoms with Crippen molar-refractivity contribution in [1.29, 1.82) is 0 Å². The number of hydrogen-bond donors (Lipinski definition) is 2. The van der Waals surface area contributed by atoms with E-state index >= 15 is 0 Å². The maximum Gasteiger partial charge on any atom is 0.340 e. The molecule has 0 atom stereocenters. The highest BCUT2D eigenvalue weighted by Crippen LogP contribution is 2.30. The van der Waals surface area contributed by atoms with Gasteiger partial charge in [0.2, 0.25) is 0 Å². The Balaban J connectivity index is 2.04. The Morgan fingerprint density at radius 3 is 2.22 bits per heavy atom. The first-order valence-electron chi connectivity index (χ1n) is 8.37. The number of carbonyl (C=O) groups excluding carboxylic acids is 2. The van der Waals surface area contributed by atoms with E-state index in [1.165, 1.54) is 7.11 Å². The summed E-state index contributed by atoms with van der Waals surface area (Å²) in [6.07, 6.45) is 0. The second-order valence-electron chi connectivity index (χ2n) is 6.11. The third-order valence-electron chi connectivity index (χ3n) is 4.23. The molecule has 27 heavy (non-hydrogen) atoms. The van der Waals surface area contributed by atoms with Gasteiger partial charge in [-0.25, -0.2) is 4.79 Å². The van der Waals surface area contributed by atoms with Crippen LogP contribution in [0.15, 0.2) is 48.5 Å². The van der Waals surface area contributed by atoms with Crippen LogP contribution in [0.3, 0.4) is 0 Å². The van der Waals surface area contributed by atoms with Gasteiger partial charge in [0, 0.05) is 17.1 Å². The highest BCUT2D eigenvalue weighted by atomic mass is 16.5. The van der Waals surface area contributed by atoms with E-state index in [-0.39, 0.29) is 16.9 Å². The number of rotatable bonds is 5. The van der Waals surface area contributed by atoms with Crippen LogP contribution in [-0.2, 0) is 4.74 Å². The van der Waals surface area contributed by atoms with Crippen molar-refractivity contribution < 1.29 is 19.1 Å². The topological polar surface area (TPSA) is 94.4 Å². The van der Waals surface area contributed by atoms with Gasteiger partial charge in [0.25, 0.3) is 0 Å². The number of aromatic nitrogens is 1. The van der Waals surface area contributed by atoms with Crippen LogP contribution in [0.1, 0.15) is 37.7 Å². The second-order valence-corrected chi connectivity index (χ2v) is 6.11. The molecule has 3 N–H and O–H groups in total. The minimum absolute atomic E-state index is 0.238. The Morgan fingerprint density at radius 2 is 1.56 bits per heavy atom. The van der Waals surface area contributed by atoms with Crippen LogP contribution in [0.4, 0.5) is 5.69 Å². The van der Waals surface area contributed by atoms with E-state index in [0.29, 0.717) is 34.1 Å². The van der Waals surface area contributed by atoms with Crippen molar-refractivity contribution in [2.45, 2.75) is 13.8 Å². The van der Waals surface area contributed by atoms with Gasteiger partial charge >= 0.3 is 5.97 Å². The van der Waals surface area contributed by atoms with Crippen LogP contribution in [0.25, 0.3) is 0 Å². The molecule has 3 aromatic rings. The van der Waals surface area contributed by atoms with Crippen molar-refractivity contribution in [1.82, 2.24) is 4.98 Å². The van der Waals surface area contributed by atoms with Gasteiger partial charge in [-0.05, 0) is 50.2 Å². The molecule has 138 valence electrons. The summed E-state index contributed by atoms with van der Waals surface area (Å²) in [4.78, 5) is 28.5. The quantitative estimate of drug-likeness (QED) is 0.405. The number of H-pyrrole nitrogens is 1. The monoisotopic (exact) mass is 364 g/mol. The number of esters is 1. The summed E-state index contributed by atoms with van der Waals surface area (Å²) in [5.74, 6) is 0.0707. The molecule has 2 aromatic carbocycles. The van der Waals surface area contributed by atoms with Gasteiger partial charge < -0.3 is 20.2 Å². The Labute approximate surface area is 156 Å². The number of benzene rings is 2. The fourth-order valence-corrected chi connectivity index (χ4v) is 2.96. The minimum Gasteiger partial charge on any atom is -0.465 e. The van der Waals surface area contributed by atoms with Crippen LogP contribution < -0.4 is 10.5 Å². The van der Waals surface area contributed by atoms with Gasteiger partial charge in [-0.15, -0.1) is 0 Å². The van der Waals surface area contributed by atoms with E-state index in [2.05, 4.69) is 4.98 Å². The SMILES string of the molecule is COC(=O)c1c(C)[nH]c(C)c1C(=O)c1ccccc1Oc1ccc(N)cc1. The number of carbonyl (C=O) groups is 2. The second kappa shape index (κ2) is 7.37. The number of hydrogen-bond acceptors (Lipinski definition) is 5. The van der Waals surface area contributed by atoms with E-state index in [9.17, 15) is 9.59 Å². The van der Waals surface area contributed by atoms with Crippen molar-refractivity contribution in [3.63, 3.8) is 0 Å². The molecule has 0 aliphatic rings. The van der Waals surface area contributed by atoms with E-state index in [0.717, 1.165) is 0 Å². The van der Waals surface area contributed by atoms with Crippen molar-refractivity contribution in [3.05, 3.63) is 76.6 Å². The van der Waals surface area contributed by atoms with E-state index < -0.39 is 5.97 Å². The lowest BCUT2D eigenvalue weighted by molar-refractivity contribution is 0.0597. The van der Waals surface area contributed by atoms with Crippen LogP contribution in [0.2, 0.25) is 0 Å². The van der Waals surface area contributed by atoms with Crippen LogP contribution >= 0.6 is 0 Å². The zero-order valence-electron chi connectivity index (χ0n) is 15.3. The number of anilines is 1. The van der Waals surface area contributed by atoms with Crippen LogP contribution in [0, 0.1) is 13.8 Å². The molecule has 0 aliphatic heterocycles. The lowest BCUT2D eigenvalue weighted by atomic mass is 9.98. The van der Waals surface area contributed by atoms with E-state index in [1.807, 2.05) is 0 Å². The van der Waals surface area contributed by atoms with Crippen molar-refractivity contribution in [3.8, 4) is 11.5 Å². The molecule has 1 heterocycles. The Kier molecular flexibility index (Phi) is 4.98. The van der Waals surface area contributed by atoms with Gasteiger partial charge in [-0.3, -0.25) is 4.79 Å². The molecule has 6 nitrogen and oxygen atoms in total. The molecule has 0 saturated heterocycles. The number of methoxy groups -OCH3 is 1. The molecule has 0 aliphatic carbocycles. The zero-order valence-corrected chi connectivity index (χ0v) is 15.3. The number of ether oxygens (including phenoxy) is 2. The summed E-state index contributed by atoms with van der Waals surface area (Å²) in [5.41, 5.74) is 8.36. The number of aryl methyl sites for hydroxylation is 2. The predicted molar refractivity (Wildman–Crippen MR) is 102 cm³/mol. The summed E-state index contributed by atoms with van der Waals surface area (Å²) in [6.45, 7) is 3.48. The van der Waals surface area contributed by atoms with Gasteiger partial charge in [-0.1, -0.05) is 12.1 Å². The summed E-state index contributed by atoms with van der Waals surface area (Å²) >= 11 is 0. The first-order valence-corrected chi connectivity index (χ1v) is 8.37. The number of nitrogens with one attached hydrogen (secondary N) is 1. The van der Waals surface area contributed by atoms with Gasteiger partial charge in [-0.2, -0.15) is 0 Å².